The number of thiazole rings is 1. The number of hydrogen-bond acceptors (Lipinski definition) is 4. The van der Waals surface area contributed by atoms with Crippen LogP contribution >= 0.6 is 11.3 Å². The molecule has 0 saturated carbocycles. The number of hydrogen-bond donors (Lipinski definition) is 0. The summed E-state index contributed by atoms with van der Waals surface area (Å²) in [6, 6.07) is 10.3. The summed E-state index contributed by atoms with van der Waals surface area (Å²) in [7, 11) is 0. The summed E-state index contributed by atoms with van der Waals surface area (Å²) < 4.78 is 0. The Morgan fingerprint density at radius 1 is 1.14 bits per heavy atom. The fourth-order valence-corrected chi connectivity index (χ4v) is 4.55. The van der Waals surface area contributed by atoms with Gasteiger partial charge >= 0.3 is 0 Å². The van der Waals surface area contributed by atoms with Crippen LogP contribution in [-0.4, -0.2) is 52.8 Å². The Bertz CT molecular complexity index is 778. The second-order valence-corrected chi connectivity index (χ2v) is 8.18. The van der Waals surface area contributed by atoms with Crippen LogP contribution in [-0.2, 0) is 22.4 Å². The number of aromatic nitrogens is 1. The van der Waals surface area contributed by atoms with Crippen molar-refractivity contribution < 1.29 is 9.59 Å². The van der Waals surface area contributed by atoms with Crippen molar-refractivity contribution in [2.75, 3.05) is 26.2 Å². The van der Waals surface area contributed by atoms with Crippen LogP contribution in [0.1, 0.15) is 43.0 Å². The van der Waals surface area contributed by atoms with Crippen molar-refractivity contribution >= 4 is 23.2 Å². The Kier molecular flexibility index (Phi) is 7.20. The maximum absolute atomic E-state index is 12.7. The van der Waals surface area contributed by atoms with Gasteiger partial charge in [0.05, 0.1) is 17.1 Å². The van der Waals surface area contributed by atoms with Crippen LogP contribution in [0, 0.1) is 5.92 Å². The monoisotopic (exact) mass is 399 g/mol. The topological polar surface area (TPSA) is 53.5 Å². The summed E-state index contributed by atoms with van der Waals surface area (Å²) >= 11 is 1.61. The second kappa shape index (κ2) is 9.82. The van der Waals surface area contributed by atoms with Crippen LogP contribution in [0.5, 0.6) is 0 Å². The molecule has 0 N–H and O–H groups in total. The Morgan fingerprint density at radius 3 is 2.46 bits per heavy atom. The number of nitrogens with zero attached hydrogens (tertiary/aromatic N) is 3. The number of piperidine rings is 1. The van der Waals surface area contributed by atoms with Gasteiger partial charge in [0.2, 0.25) is 11.8 Å². The average molecular weight is 400 g/mol. The number of rotatable bonds is 7. The summed E-state index contributed by atoms with van der Waals surface area (Å²) in [5.74, 6) is 0.410. The second-order valence-electron chi connectivity index (χ2n) is 7.24. The van der Waals surface area contributed by atoms with Crippen molar-refractivity contribution in [2.24, 2.45) is 5.92 Å². The normalized spacial score (nSPS) is 14.9. The highest BCUT2D eigenvalue weighted by Crippen LogP contribution is 2.21. The van der Waals surface area contributed by atoms with E-state index < -0.39 is 0 Å². The third-order valence-electron chi connectivity index (χ3n) is 5.40. The fourth-order valence-electron chi connectivity index (χ4n) is 3.72. The van der Waals surface area contributed by atoms with Gasteiger partial charge in [0.1, 0.15) is 0 Å². The highest BCUT2D eigenvalue weighted by atomic mass is 32.1. The zero-order chi connectivity index (χ0) is 19.9. The van der Waals surface area contributed by atoms with Gasteiger partial charge in [-0.2, -0.15) is 0 Å². The third-order valence-corrected chi connectivity index (χ3v) is 6.30. The summed E-state index contributed by atoms with van der Waals surface area (Å²) in [6.07, 6.45) is 2.67. The molecular weight excluding hydrogens is 370 g/mol. The smallest absolute Gasteiger partial charge is 0.228 e. The molecule has 0 aliphatic carbocycles. The molecular formula is C22H29N3O2S. The lowest BCUT2D eigenvalue weighted by Crippen LogP contribution is -2.44. The molecule has 0 spiro atoms. The third kappa shape index (κ3) is 5.19. The van der Waals surface area contributed by atoms with E-state index in [2.05, 4.69) is 17.1 Å². The Labute approximate surface area is 171 Å². The zero-order valence-corrected chi connectivity index (χ0v) is 17.6. The Hall–Kier alpha value is -2.21. The quantitative estimate of drug-likeness (QED) is 0.717. The first-order valence-electron chi connectivity index (χ1n) is 10.1. The van der Waals surface area contributed by atoms with Crippen LogP contribution in [0.4, 0.5) is 0 Å². The maximum Gasteiger partial charge on any atom is 0.228 e. The van der Waals surface area contributed by atoms with Crippen molar-refractivity contribution in [3.8, 4) is 0 Å². The first-order chi connectivity index (χ1) is 13.6. The van der Waals surface area contributed by atoms with E-state index in [0.717, 1.165) is 43.1 Å². The average Bonchev–Trinajstić information content (AvgIpc) is 3.16. The van der Waals surface area contributed by atoms with E-state index in [1.165, 1.54) is 5.56 Å². The highest BCUT2D eigenvalue weighted by Gasteiger charge is 2.29. The summed E-state index contributed by atoms with van der Waals surface area (Å²) in [5.41, 5.74) is 2.08. The van der Waals surface area contributed by atoms with Gasteiger partial charge < -0.3 is 9.80 Å². The molecule has 1 fully saturated rings. The van der Waals surface area contributed by atoms with Gasteiger partial charge in [-0.05, 0) is 32.3 Å². The van der Waals surface area contributed by atoms with Crippen LogP contribution in [0.2, 0.25) is 0 Å². The first-order valence-corrected chi connectivity index (χ1v) is 11.0. The molecule has 6 heteroatoms. The van der Waals surface area contributed by atoms with E-state index in [4.69, 9.17) is 0 Å². The van der Waals surface area contributed by atoms with Gasteiger partial charge in [0.25, 0.3) is 0 Å². The van der Waals surface area contributed by atoms with Crippen molar-refractivity contribution in [1.82, 2.24) is 14.8 Å². The minimum absolute atomic E-state index is 0.0562. The molecule has 2 amide bonds. The van der Waals surface area contributed by atoms with Gasteiger partial charge in [0.15, 0.2) is 0 Å². The molecule has 150 valence electrons. The van der Waals surface area contributed by atoms with Gasteiger partial charge in [-0.15, -0.1) is 11.3 Å². The number of carbonyl (C=O) groups excluding carboxylic acids is 2. The zero-order valence-electron chi connectivity index (χ0n) is 16.8. The first kappa shape index (κ1) is 20.5. The minimum Gasteiger partial charge on any atom is -0.343 e. The molecule has 0 atom stereocenters. The molecule has 0 bridgehead atoms. The molecule has 1 aromatic carbocycles. The standard InChI is InChI=1S/C22H29N3O2S/c1-3-24(4-2)22(27)18-10-12-25(13-11-18)21(26)15-19-16-28-20(23-19)14-17-8-6-5-7-9-17/h5-9,16,18H,3-4,10-15H2,1-2H3. The molecule has 1 aromatic heterocycles. The van der Waals surface area contributed by atoms with Gasteiger partial charge in [-0.3, -0.25) is 9.59 Å². The Morgan fingerprint density at radius 2 is 1.82 bits per heavy atom. The SMILES string of the molecule is CCN(CC)C(=O)C1CCN(C(=O)Cc2csc(Cc3ccccc3)n2)CC1. The lowest BCUT2D eigenvalue weighted by atomic mass is 9.95. The van der Waals surface area contributed by atoms with E-state index in [9.17, 15) is 9.59 Å². The van der Waals surface area contributed by atoms with Gasteiger partial charge in [-0.1, -0.05) is 30.3 Å². The minimum atomic E-state index is 0.0562. The number of carbonyl (C=O) groups is 2. The lowest BCUT2D eigenvalue weighted by Gasteiger charge is -2.33. The lowest BCUT2D eigenvalue weighted by molar-refractivity contribution is -0.140. The summed E-state index contributed by atoms with van der Waals surface area (Å²) in [4.78, 5) is 33.6. The van der Waals surface area contributed by atoms with E-state index in [1.807, 2.05) is 47.2 Å². The molecule has 28 heavy (non-hydrogen) atoms. The predicted molar refractivity (Wildman–Crippen MR) is 112 cm³/mol. The van der Waals surface area contributed by atoms with Crippen molar-refractivity contribution in [3.05, 3.63) is 52.0 Å². The molecule has 1 saturated heterocycles. The van der Waals surface area contributed by atoms with Crippen LogP contribution in [0.15, 0.2) is 35.7 Å². The summed E-state index contributed by atoms with van der Waals surface area (Å²) in [6.45, 7) is 6.86. The fraction of sp³-hybridized carbons (Fsp3) is 0.500. The maximum atomic E-state index is 12.7. The molecule has 1 aliphatic rings. The molecule has 3 rings (SSSR count). The predicted octanol–water partition coefficient (Wildman–Crippen LogP) is 3.38. The van der Waals surface area contributed by atoms with Crippen LogP contribution in [0.3, 0.4) is 0 Å². The van der Waals surface area contributed by atoms with Crippen molar-refractivity contribution in [1.29, 1.82) is 0 Å². The number of amides is 2. The molecule has 5 nitrogen and oxygen atoms in total. The highest BCUT2D eigenvalue weighted by molar-refractivity contribution is 7.09. The van der Waals surface area contributed by atoms with E-state index in [1.54, 1.807) is 11.3 Å². The largest absolute Gasteiger partial charge is 0.343 e. The molecule has 1 aliphatic heterocycles. The number of benzene rings is 1. The Balaban J connectivity index is 1.49. The molecule has 0 radical (unpaired) electrons. The molecule has 2 heterocycles. The number of likely N-dealkylation sites (tertiary alicyclic amines) is 1. The molecule has 2 aromatic rings. The molecule has 0 unspecified atom stereocenters. The van der Waals surface area contributed by atoms with Crippen molar-refractivity contribution in [3.63, 3.8) is 0 Å². The van der Waals surface area contributed by atoms with E-state index in [-0.39, 0.29) is 17.7 Å². The van der Waals surface area contributed by atoms with Crippen molar-refractivity contribution in [2.45, 2.75) is 39.5 Å². The van der Waals surface area contributed by atoms with Crippen LogP contribution < -0.4 is 0 Å². The van der Waals surface area contributed by atoms with Crippen LogP contribution in [0.25, 0.3) is 0 Å². The van der Waals surface area contributed by atoms with E-state index in [0.29, 0.717) is 19.5 Å². The van der Waals surface area contributed by atoms with Gasteiger partial charge in [0, 0.05) is 43.9 Å². The van der Waals surface area contributed by atoms with Gasteiger partial charge in [-0.25, -0.2) is 4.98 Å². The summed E-state index contributed by atoms with van der Waals surface area (Å²) in [5, 5.41) is 3.03. The van der Waals surface area contributed by atoms with E-state index >= 15 is 0 Å².